The van der Waals surface area contributed by atoms with Crippen LogP contribution in [0.3, 0.4) is 0 Å². The molecule has 0 saturated carbocycles. The monoisotopic (exact) mass is 191 g/mol. The minimum absolute atomic E-state index is 0.326. The number of ether oxygens (including phenoxy) is 1. The fourth-order valence-corrected chi connectivity index (χ4v) is 1.40. The van der Waals surface area contributed by atoms with Gasteiger partial charge in [0.15, 0.2) is 0 Å². The molecule has 0 spiro atoms. The minimum Gasteiger partial charge on any atom is -0.497 e. The smallest absolute Gasteiger partial charge is 0.119 e. The lowest BCUT2D eigenvalue weighted by Crippen LogP contribution is -1.98. The van der Waals surface area contributed by atoms with Gasteiger partial charge in [-0.3, -0.25) is 0 Å². The van der Waals surface area contributed by atoms with Crippen LogP contribution in [0.25, 0.3) is 0 Å². The van der Waals surface area contributed by atoms with E-state index in [0.29, 0.717) is 5.92 Å². The largest absolute Gasteiger partial charge is 0.497 e. The third-order valence-corrected chi connectivity index (χ3v) is 2.37. The maximum absolute atomic E-state index is 5.19. The molecule has 1 atom stereocenters. The van der Waals surface area contributed by atoms with Gasteiger partial charge >= 0.3 is 0 Å². The van der Waals surface area contributed by atoms with E-state index < -0.39 is 0 Å². The molecule has 1 N–H and O–H groups in total. The Bertz CT molecular complexity index is 320. The third-order valence-electron chi connectivity index (χ3n) is 2.37. The third kappa shape index (κ3) is 2.08. The van der Waals surface area contributed by atoms with Gasteiger partial charge in [-0.1, -0.05) is 13.0 Å². The number of allylic oxidation sites excluding steroid dienone is 1. The average molecular weight is 191 g/mol. The van der Waals surface area contributed by atoms with Gasteiger partial charge in [-0.15, -0.1) is 6.58 Å². The number of anilines is 1. The summed E-state index contributed by atoms with van der Waals surface area (Å²) in [4.78, 5) is 0. The van der Waals surface area contributed by atoms with Crippen LogP contribution >= 0.6 is 0 Å². The summed E-state index contributed by atoms with van der Waals surface area (Å²) >= 11 is 0. The first-order chi connectivity index (χ1) is 6.72. The molecule has 0 aliphatic heterocycles. The van der Waals surface area contributed by atoms with Gasteiger partial charge in [-0.25, -0.2) is 0 Å². The normalized spacial score (nSPS) is 11.9. The summed E-state index contributed by atoms with van der Waals surface area (Å²) in [5, 5.41) is 3.16. The van der Waals surface area contributed by atoms with Crippen molar-refractivity contribution in [2.75, 3.05) is 19.5 Å². The molecule has 1 aromatic rings. The Kier molecular flexibility index (Phi) is 3.57. The van der Waals surface area contributed by atoms with E-state index in [0.717, 1.165) is 11.4 Å². The molecule has 0 heterocycles. The first-order valence-electron chi connectivity index (χ1n) is 4.71. The highest BCUT2D eigenvalue weighted by Gasteiger charge is 2.07. The summed E-state index contributed by atoms with van der Waals surface area (Å²) in [5.74, 6) is 1.21. The van der Waals surface area contributed by atoms with Gasteiger partial charge in [0.25, 0.3) is 0 Å². The van der Waals surface area contributed by atoms with Gasteiger partial charge in [0.1, 0.15) is 5.75 Å². The summed E-state index contributed by atoms with van der Waals surface area (Å²) in [6.45, 7) is 5.91. The number of benzene rings is 1. The van der Waals surface area contributed by atoms with Gasteiger partial charge in [0.2, 0.25) is 0 Å². The molecule has 0 aliphatic rings. The van der Waals surface area contributed by atoms with Crippen LogP contribution < -0.4 is 10.1 Å². The number of hydrogen-bond donors (Lipinski definition) is 1. The maximum Gasteiger partial charge on any atom is 0.119 e. The van der Waals surface area contributed by atoms with E-state index in [9.17, 15) is 0 Å². The molecule has 0 saturated heterocycles. The van der Waals surface area contributed by atoms with Crippen LogP contribution in [0.5, 0.6) is 5.75 Å². The predicted molar refractivity (Wildman–Crippen MR) is 61.2 cm³/mol. The molecule has 0 bridgehead atoms. The van der Waals surface area contributed by atoms with E-state index in [2.05, 4.69) is 18.8 Å². The Labute approximate surface area is 85.6 Å². The van der Waals surface area contributed by atoms with E-state index in [1.165, 1.54) is 5.56 Å². The summed E-state index contributed by atoms with van der Waals surface area (Å²) in [6, 6.07) is 6.01. The highest BCUT2D eigenvalue weighted by Crippen LogP contribution is 2.28. The zero-order valence-electron chi connectivity index (χ0n) is 9.00. The zero-order valence-corrected chi connectivity index (χ0v) is 9.00. The van der Waals surface area contributed by atoms with Crippen LogP contribution in [0.1, 0.15) is 18.4 Å². The molecule has 1 aromatic carbocycles. The molecule has 0 aliphatic carbocycles. The van der Waals surface area contributed by atoms with Gasteiger partial charge in [0.05, 0.1) is 7.11 Å². The number of nitrogens with one attached hydrogen (secondary N) is 1. The Morgan fingerprint density at radius 1 is 1.50 bits per heavy atom. The molecule has 0 aromatic heterocycles. The SMILES string of the molecule is C=CC(C)c1cc(OC)ccc1NC. The molecule has 2 heteroatoms. The zero-order chi connectivity index (χ0) is 10.6. The highest BCUT2D eigenvalue weighted by molar-refractivity contribution is 5.56. The van der Waals surface area contributed by atoms with Crippen molar-refractivity contribution in [2.24, 2.45) is 0 Å². The quantitative estimate of drug-likeness (QED) is 0.739. The molecule has 2 nitrogen and oxygen atoms in total. The van der Waals surface area contributed by atoms with Crippen molar-refractivity contribution < 1.29 is 4.74 Å². The Morgan fingerprint density at radius 3 is 2.71 bits per heavy atom. The van der Waals surface area contributed by atoms with Crippen molar-refractivity contribution in [1.29, 1.82) is 0 Å². The van der Waals surface area contributed by atoms with Gasteiger partial charge in [0, 0.05) is 18.7 Å². The summed E-state index contributed by atoms with van der Waals surface area (Å²) in [7, 11) is 3.60. The Balaban J connectivity index is 3.14. The second kappa shape index (κ2) is 4.70. The van der Waals surface area contributed by atoms with Crippen LogP contribution in [0.2, 0.25) is 0 Å². The van der Waals surface area contributed by atoms with Crippen molar-refractivity contribution >= 4 is 5.69 Å². The summed E-state index contributed by atoms with van der Waals surface area (Å²) < 4.78 is 5.19. The van der Waals surface area contributed by atoms with E-state index in [-0.39, 0.29) is 0 Å². The molecule has 0 fully saturated rings. The van der Waals surface area contributed by atoms with Crippen molar-refractivity contribution in [3.05, 3.63) is 36.4 Å². The summed E-state index contributed by atoms with van der Waals surface area (Å²) in [6.07, 6.45) is 1.93. The lowest BCUT2D eigenvalue weighted by atomic mass is 9.99. The second-order valence-corrected chi connectivity index (χ2v) is 3.23. The van der Waals surface area contributed by atoms with E-state index in [1.807, 2.05) is 31.3 Å². The van der Waals surface area contributed by atoms with Crippen molar-refractivity contribution in [1.82, 2.24) is 0 Å². The lowest BCUT2D eigenvalue weighted by Gasteiger charge is -2.14. The Morgan fingerprint density at radius 2 is 2.21 bits per heavy atom. The van der Waals surface area contributed by atoms with Crippen LogP contribution in [0.15, 0.2) is 30.9 Å². The second-order valence-electron chi connectivity index (χ2n) is 3.23. The van der Waals surface area contributed by atoms with Gasteiger partial charge in [-0.05, 0) is 23.8 Å². The number of hydrogen-bond acceptors (Lipinski definition) is 2. The molecule has 1 unspecified atom stereocenters. The van der Waals surface area contributed by atoms with Crippen molar-refractivity contribution in [2.45, 2.75) is 12.8 Å². The fourth-order valence-electron chi connectivity index (χ4n) is 1.40. The highest BCUT2D eigenvalue weighted by atomic mass is 16.5. The van der Waals surface area contributed by atoms with Gasteiger partial charge < -0.3 is 10.1 Å². The van der Waals surface area contributed by atoms with Crippen molar-refractivity contribution in [3.8, 4) is 5.75 Å². The molecule has 76 valence electrons. The molecule has 1 rings (SSSR count). The van der Waals surface area contributed by atoms with Crippen LogP contribution in [0, 0.1) is 0 Å². The van der Waals surface area contributed by atoms with E-state index >= 15 is 0 Å². The lowest BCUT2D eigenvalue weighted by molar-refractivity contribution is 0.414. The molecular weight excluding hydrogens is 174 g/mol. The van der Waals surface area contributed by atoms with Crippen LogP contribution in [-0.4, -0.2) is 14.2 Å². The van der Waals surface area contributed by atoms with Crippen LogP contribution in [-0.2, 0) is 0 Å². The number of rotatable bonds is 4. The van der Waals surface area contributed by atoms with Gasteiger partial charge in [-0.2, -0.15) is 0 Å². The topological polar surface area (TPSA) is 21.3 Å². The van der Waals surface area contributed by atoms with E-state index in [4.69, 9.17) is 4.74 Å². The molecule has 0 amide bonds. The van der Waals surface area contributed by atoms with E-state index in [1.54, 1.807) is 7.11 Å². The maximum atomic E-state index is 5.19. The number of methoxy groups -OCH3 is 1. The fraction of sp³-hybridized carbons (Fsp3) is 0.333. The summed E-state index contributed by atoms with van der Waals surface area (Å²) in [5.41, 5.74) is 2.33. The average Bonchev–Trinajstić information content (AvgIpc) is 2.27. The molecule has 0 radical (unpaired) electrons. The Hall–Kier alpha value is -1.44. The molecule has 14 heavy (non-hydrogen) atoms. The standard InChI is InChI=1S/C12H17NO/c1-5-9(2)11-8-10(14-4)6-7-12(11)13-3/h5-9,13H,1H2,2-4H3. The minimum atomic E-state index is 0.326. The first kappa shape index (κ1) is 10.6. The molecular formula is C12H17NO. The van der Waals surface area contributed by atoms with Crippen molar-refractivity contribution in [3.63, 3.8) is 0 Å². The van der Waals surface area contributed by atoms with Crippen LogP contribution in [0.4, 0.5) is 5.69 Å². The first-order valence-corrected chi connectivity index (χ1v) is 4.71. The predicted octanol–water partition coefficient (Wildman–Crippen LogP) is 3.03.